The molecule has 1 aliphatic heterocycles. The molecule has 2 N–H and O–H groups in total. The Morgan fingerprint density at radius 2 is 2.17 bits per heavy atom. The summed E-state index contributed by atoms with van der Waals surface area (Å²) >= 11 is 0. The van der Waals surface area contributed by atoms with Crippen LogP contribution in [-0.4, -0.2) is 35.6 Å². The Balaban J connectivity index is 2.05. The van der Waals surface area contributed by atoms with Crippen LogP contribution in [0.5, 0.6) is 0 Å². The van der Waals surface area contributed by atoms with Gasteiger partial charge in [-0.25, -0.2) is 4.98 Å². The summed E-state index contributed by atoms with van der Waals surface area (Å²) in [5.74, 6) is 1.59. The van der Waals surface area contributed by atoms with Crippen molar-refractivity contribution in [2.24, 2.45) is 0 Å². The van der Waals surface area contributed by atoms with Crippen molar-refractivity contribution in [3.63, 3.8) is 0 Å². The van der Waals surface area contributed by atoms with Crippen molar-refractivity contribution in [1.82, 2.24) is 15.3 Å². The Kier molecular flexibility index (Phi) is 4.36. The van der Waals surface area contributed by atoms with Crippen LogP contribution in [-0.2, 0) is 6.42 Å². The van der Waals surface area contributed by atoms with Crippen molar-refractivity contribution >= 4 is 5.82 Å². The highest BCUT2D eigenvalue weighted by molar-refractivity contribution is 5.38. The number of aromatic amines is 1. The fourth-order valence-corrected chi connectivity index (χ4v) is 2.42. The Morgan fingerprint density at radius 1 is 1.44 bits per heavy atom. The average Bonchev–Trinajstić information content (AvgIpc) is 2.39. The van der Waals surface area contributed by atoms with Crippen LogP contribution in [0.25, 0.3) is 0 Å². The van der Waals surface area contributed by atoms with E-state index in [0.29, 0.717) is 6.04 Å². The zero-order valence-electron chi connectivity index (χ0n) is 11.2. The molecule has 18 heavy (non-hydrogen) atoms. The van der Waals surface area contributed by atoms with Crippen molar-refractivity contribution < 1.29 is 0 Å². The standard InChI is InChI=1S/C13H22N4O/c1-3-11-15-12(9-13(18)16-11)17-7-5-10(6-8-17)14-4-2/h9-10,14H,3-8H2,1-2H3,(H,15,16,18). The predicted octanol–water partition coefficient (Wildman–Crippen LogP) is 0.911. The molecule has 0 atom stereocenters. The largest absolute Gasteiger partial charge is 0.356 e. The van der Waals surface area contributed by atoms with Gasteiger partial charge in [0.1, 0.15) is 11.6 Å². The van der Waals surface area contributed by atoms with E-state index < -0.39 is 0 Å². The lowest BCUT2D eigenvalue weighted by Gasteiger charge is -2.33. The first-order valence-corrected chi connectivity index (χ1v) is 6.81. The van der Waals surface area contributed by atoms with Crippen molar-refractivity contribution in [3.8, 4) is 0 Å². The number of rotatable bonds is 4. The predicted molar refractivity (Wildman–Crippen MR) is 73.1 cm³/mol. The monoisotopic (exact) mass is 250 g/mol. The van der Waals surface area contributed by atoms with Crippen LogP contribution in [0.15, 0.2) is 10.9 Å². The molecule has 0 aliphatic carbocycles. The molecular weight excluding hydrogens is 228 g/mol. The van der Waals surface area contributed by atoms with Crippen LogP contribution >= 0.6 is 0 Å². The number of anilines is 1. The molecule has 1 fully saturated rings. The van der Waals surface area contributed by atoms with Crippen molar-refractivity contribution in [2.75, 3.05) is 24.5 Å². The van der Waals surface area contributed by atoms with Crippen LogP contribution in [0.4, 0.5) is 5.82 Å². The van der Waals surface area contributed by atoms with Gasteiger partial charge in [0.25, 0.3) is 5.56 Å². The first-order chi connectivity index (χ1) is 8.72. The molecule has 0 saturated carbocycles. The van der Waals surface area contributed by atoms with Gasteiger partial charge in [-0.1, -0.05) is 13.8 Å². The number of hydrogen-bond donors (Lipinski definition) is 2. The number of aryl methyl sites for hydroxylation is 1. The Labute approximate surface area is 108 Å². The third kappa shape index (κ3) is 3.10. The highest BCUT2D eigenvalue weighted by Gasteiger charge is 2.19. The summed E-state index contributed by atoms with van der Waals surface area (Å²) in [7, 11) is 0. The van der Waals surface area contributed by atoms with Gasteiger partial charge in [0, 0.05) is 31.6 Å². The van der Waals surface area contributed by atoms with E-state index in [4.69, 9.17) is 0 Å². The molecule has 5 heteroatoms. The SMILES string of the molecule is CCNC1CCN(c2cc(=O)[nH]c(CC)n2)CC1. The minimum absolute atomic E-state index is 0.0503. The summed E-state index contributed by atoms with van der Waals surface area (Å²) in [6, 6.07) is 2.21. The number of hydrogen-bond acceptors (Lipinski definition) is 4. The molecule has 2 rings (SSSR count). The van der Waals surface area contributed by atoms with E-state index in [1.165, 1.54) is 0 Å². The number of aromatic nitrogens is 2. The van der Waals surface area contributed by atoms with Crippen molar-refractivity contribution in [3.05, 3.63) is 22.2 Å². The van der Waals surface area contributed by atoms with Crippen LogP contribution in [0, 0.1) is 0 Å². The summed E-state index contributed by atoms with van der Waals surface area (Å²) in [6.07, 6.45) is 2.99. The third-order valence-corrected chi connectivity index (χ3v) is 3.42. The summed E-state index contributed by atoms with van der Waals surface area (Å²) < 4.78 is 0. The van der Waals surface area contributed by atoms with Crippen LogP contribution < -0.4 is 15.8 Å². The van der Waals surface area contributed by atoms with Crippen LogP contribution in [0.3, 0.4) is 0 Å². The van der Waals surface area contributed by atoms with E-state index in [-0.39, 0.29) is 5.56 Å². The molecule has 0 radical (unpaired) electrons. The van der Waals surface area contributed by atoms with E-state index in [1.807, 2.05) is 6.92 Å². The van der Waals surface area contributed by atoms with Gasteiger partial charge in [-0.15, -0.1) is 0 Å². The number of piperidine rings is 1. The van der Waals surface area contributed by atoms with Gasteiger partial charge in [0.2, 0.25) is 0 Å². The molecule has 0 unspecified atom stereocenters. The molecule has 2 heterocycles. The smallest absolute Gasteiger partial charge is 0.252 e. The summed E-state index contributed by atoms with van der Waals surface area (Å²) in [5, 5.41) is 3.48. The van der Waals surface area contributed by atoms with Crippen LogP contribution in [0.1, 0.15) is 32.5 Å². The maximum absolute atomic E-state index is 11.5. The first kappa shape index (κ1) is 13.1. The molecule has 0 aromatic carbocycles. The van der Waals surface area contributed by atoms with Gasteiger partial charge in [-0.3, -0.25) is 4.79 Å². The van der Waals surface area contributed by atoms with Gasteiger partial charge in [-0.2, -0.15) is 0 Å². The topological polar surface area (TPSA) is 61.0 Å². The van der Waals surface area contributed by atoms with E-state index >= 15 is 0 Å². The molecule has 1 aromatic rings. The molecule has 1 aliphatic rings. The lowest BCUT2D eigenvalue weighted by atomic mass is 10.1. The maximum Gasteiger partial charge on any atom is 0.252 e. The molecule has 1 aromatic heterocycles. The summed E-state index contributed by atoms with van der Waals surface area (Å²) in [5.41, 5.74) is -0.0503. The van der Waals surface area contributed by atoms with E-state index in [0.717, 1.165) is 50.5 Å². The van der Waals surface area contributed by atoms with Gasteiger partial charge in [-0.05, 0) is 19.4 Å². The molecule has 100 valence electrons. The van der Waals surface area contributed by atoms with Gasteiger partial charge in [0.05, 0.1) is 0 Å². The third-order valence-electron chi connectivity index (χ3n) is 3.42. The summed E-state index contributed by atoms with van der Waals surface area (Å²) in [6.45, 7) is 7.10. The van der Waals surface area contributed by atoms with E-state index in [1.54, 1.807) is 6.07 Å². The molecule has 0 spiro atoms. The number of nitrogens with one attached hydrogen (secondary N) is 2. The highest BCUT2D eigenvalue weighted by Crippen LogP contribution is 2.16. The molecule has 0 bridgehead atoms. The maximum atomic E-state index is 11.5. The quantitative estimate of drug-likeness (QED) is 0.834. The van der Waals surface area contributed by atoms with Crippen LogP contribution in [0.2, 0.25) is 0 Å². The molecule has 5 nitrogen and oxygen atoms in total. The normalized spacial score (nSPS) is 17.1. The zero-order chi connectivity index (χ0) is 13.0. The summed E-state index contributed by atoms with van der Waals surface area (Å²) in [4.78, 5) is 21.0. The Bertz CT molecular complexity index is 435. The number of H-pyrrole nitrogens is 1. The highest BCUT2D eigenvalue weighted by atomic mass is 16.1. The second kappa shape index (κ2) is 6.00. The van der Waals surface area contributed by atoms with Crippen molar-refractivity contribution in [2.45, 2.75) is 39.2 Å². The zero-order valence-corrected chi connectivity index (χ0v) is 11.2. The van der Waals surface area contributed by atoms with Gasteiger partial charge in [0.15, 0.2) is 0 Å². The Morgan fingerprint density at radius 3 is 2.78 bits per heavy atom. The first-order valence-electron chi connectivity index (χ1n) is 6.81. The van der Waals surface area contributed by atoms with Gasteiger partial charge < -0.3 is 15.2 Å². The second-order valence-corrected chi connectivity index (χ2v) is 4.72. The molecule has 0 amide bonds. The van der Waals surface area contributed by atoms with E-state index in [2.05, 4.69) is 27.1 Å². The fraction of sp³-hybridized carbons (Fsp3) is 0.692. The minimum atomic E-state index is -0.0503. The lowest BCUT2D eigenvalue weighted by Crippen LogP contribution is -2.43. The van der Waals surface area contributed by atoms with Crippen molar-refractivity contribution in [1.29, 1.82) is 0 Å². The second-order valence-electron chi connectivity index (χ2n) is 4.72. The fourth-order valence-electron chi connectivity index (χ4n) is 2.42. The average molecular weight is 250 g/mol. The number of nitrogens with zero attached hydrogens (tertiary/aromatic N) is 2. The van der Waals surface area contributed by atoms with E-state index in [9.17, 15) is 4.79 Å². The lowest BCUT2D eigenvalue weighted by molar-refractivity contribution is 0.422. The van der Waals surface area contributed by atoms with Gasteiger partial charge >= 0.3 is 0 Å². The minimum Gasteiger partial charge on any atom is -0.356 e. The molecule has 1 saturated heterocycles. The Hall–Kier alpha value is -1.36. The molecular formula is C13H22N4O.